The lowest BCUT2D eigenvalue weighted by atomic mass is 9.90. The number of ether oxygens (including phenoxy) is 1. The van der Waals surface area contributed by atoms with Crippen molar-refractivity contribution >= 4 is 23.2 Å². The summed E-state index contributed by atoms with van der Waals surface area (Å²) in [5.41, 5.74) is -0.301. The molecule has 0 aromatic carbocycles. The lowest BCUT2D eigenvalue weighted by Gasteiger charge is -2.54. The zero-order valence-electron chi connectivity index (χ0n) is 12.9. The Morgan fingerprint density at radius 1 is 1.45 bits per heavy atom. The van der Waals surface area contributed by atoms with Crippen molar-refractivity contribution in [1.29, 1.82) is 0 Å². The van der Waals surface area contributed by atoms with Crippen molar-refractivity contribution in [3.05, 3.63) is 22.4 Å². The number of carbonyl (C=O) groups excluding carboxylic acids is 2. The Morgan fingerprint density at radius 3 is 2.82 bits per heavy atom. The van der Waals surface area contributed by atoms with E-state index in [9.17, 15) is 9.59 Å². The molecule has 7 heteroatoms. The lowest BCUT2D eigenvalue weighted by Crippen LogP contribution is -2.73. The number of amides is 2. The first-order valence-electron chi connectivity index (χ1n) is 7.39. The van der Waals surface area contributed by atoms with Crippen LogP contribution in [0.3, 0.4) is 0 Å². The smallest absolute Gasteiger partial charge is 0.239 e. The SMILES string of the molecule is CNC(=O)[C@@H]1COC2(CN(C(=O)Cc3cccs3)C2)CN1C. The number of likely N-dealkylation sites (N-methyl/N-ethyl adjacent to an activating group) is 2. The van der Waals surface area contributed by atoms with Crippen molar-refractivity contribution in [3.8, 4) is 0 Å². The normalized spacial score (nSPS) is 24.1. The second-order valence-corrected chi connectivity index (χ2v) is 7.08. The number of nitrogens with zero attached hydrogens (tertiary/aromatic N) is 2. The lowest BCUT2D eigenvalue weighted by molar-refractivity contribution is -0.200. The highest BCUT2D eigenvalue weighted by molar-refractivity contribution is 7.10. The molecule has 2 fully saturated rings. The van der Waals surface area contributed by atoms with Crippen LogP contribution in [0.4, 0.5) is 0 Å². The van der Waals surface area contributed by atoms with Crippen LogP contribution in [0.2, 0.25) is 0 Å². The molecule has 120 valence electrons. The van der Waals surface area contributed by atoms with E-state index in [-0.39, 0.29) is 23.5 Å². The first kappa shape index (κ1) is 15.5. The minimum absolute atomic E-state index is 0.0256. The van der Waals surface area contributed by atoms with Crippen molar-refractivity contribution in [3.63, 3.8) is 0 Å². The first-order valence-corrected chi connectivity index (χ1v) is 8.27. The van der Waals surface area contributed by atoms with E-state index in [0.717, 1.165) is 4.88 Å². The van der Waals surface area contributed by atoms with Crippen molar-refractivity contribution in [2.75, 3.05) is 40.3 Å². The Labute approximate surface area is 134 Å². The fourth-order valence-corrected chi connectivity index (χ4v) is 3.82. The molecule has 0 radical (unpaired) electrons. The molecule has 1 N–H and O–H groups in total. The van der Waals surface area contributed by atoms with Gasteiger partial charge in [-0.1, -0.05) is 6.07 Å². The van der Waals surface area contributed by atoms with Gasteiger partial charge >= 0.3 is 0 Å². The number of thiophene rings is 1. The van der Waals surface area contributed by atoms with Crippen LogP contribution in [0.25, 0.3) is 0 Å². The summed E-state index contributed by atoms with van der Waals surface area (Å²) in [6.45, 7) is 2.28. The van der Waals surface area contributed by atoms with Gasteiger partial charge in [-0.3, -0.25) is 14.5 Å². The highest BCUT2D eigenvalue weighted by atomic mass is 32.1. The third-order valence-electron chi connectivity index (χ3n) is 4.38. The Hall–Kier alpha value is -1.44. The monoisotopic (exact) mass is 323 g/mol. The zero-order chi connectivity index (χ0) is 15.7. The number of morpholine rings is 1. The van der Waals surface area contributed by atoms with E-state index in [1.807, 2.05) is 34.4 Å². The minimum atomic E-state index is -0.301. The number of carbonyl (C=O) groups is 2. The summed E-state index contributed by atoms with van der Waals surface area (Å²) in [6.07, 6.45) is 0.463. The largest absolute Gasteiger partial charge is 0.368 e. The van der Waals surface area contributed by atoms with Crippen molar-refractivity contribution in [1.82, 2.24) is 15.1 Å². The second-order valence-electron chi connectivity index (χ2n) is 6.05. The van der Waals surface area contributed by atoms with Crippen molar-refractivity contribution in [2.45, 2.75) is 18.1 Å². The Bertz CT molecular complexity index is 554. The molecule has 0 aliphatic carbocycles. The van der Waals surface area contributed by atoms with Gasteiger partial charge in [0.2, 0.25) is 11.8 Å². The summed E-state index contributed by atoms with van der Waals surface area (Å²) in [4.78, 5) is 28.9. The number of rotatable bonds is 3. The number of likely N-dealkylation sites (tertiary alicyclic amines) is 1. The van der Waals surface area contributed by atoms with Gasteiger partial charge in [-0.05, 0) is 18.5 Å². The molecule has 1 aromatic rings. The third-order valence-corrected chi connectivity index (χ3v) is 5.26. The maximum atomic E-state index is 12.2. The molecular formula is C15H21N3O3S. The van der Waals surface area contributed by atoms with E-state index >= 15 is 0 Å². The molecule has 1 aromatic heterocycles. The average molecular weight is 323 g/mol. The van der Waals surface area contributed by atoms with E-state index < -0.39 is 0 Å². The van der Waals surface area contributed by atoms with Gasteiger partial charge in [0.25, 0.3) is 0 Å². The van der Waals surface area contributed by atoms with Crippen molar-refractivity contribution in [2.24, 2.45) is 0 Å². The molecule has 0 saturated carbocycles. The van der Waals surface area contributed by atoms with Crippen LogP contribution in [0, 0.1) is 0 Å². The summed E-state index contributed by atoms with van der Waals surface area (Å²) in [5.74, 6) is 0.120. The van der Waals surface area contributed by atoms with Gasteiger partial charge in [0, 0.05) is 18.5 Å². The summed E-state index contributed by atoms with van der Waals surface area (Å²) in [6, 6.07) is 3.70. The Kier molecular flexibility index (Phi) is 4.20. The molecule has 2 amide bonds. The number of hydrogen-bond acceptors (Lipinski definition) is 5. The summed E-state index contributed by atoms with van der Waals surface area (Å²) < 4.78 is 5.93. The molecule has 1 spiro atoms. The van der Waals surface area contributed by atoms with Gasteiger partial charge in [-0.25, -0.2) is 0 Å². The number of hydrogen-bond donors (Lipinski definition) is 1. The third kappa shape index (κ3) is 2.88. The van der Waals surface area contributed by atoms with Gasteiger partial charge < -0.3 is 15.0 Å². The number of nitrogens with one attached hydrogen (secondary N) is 1. The molecule has 0 unspecified atom stereocenters. The van der Waals surface area contributed by atoms with Crippen LogP contribution in [0.15, 0.2) is 17.5 Å². The summed E-state index contributed by atoms with van der Waals surface area (Å²) >= 11 is 1.61. The topological polar surface area (TPSA) is 61.9 Å². The summed E-state index contributed by atoms with van der Waals surface area (Å²) in [7, 11) is 3.56. The first-order chi connectivity index (χ1) is 10.5. The van der Waals surface area contributed by atoms with Gasteiger partial charge in [0.05, 0.1) is 26.1 Å². The summed E-state index contributed by atoms with van der Waals surface area (Å²) in [5, 5.41) is 4.64. The molecular weight excluding hydrogens is 302 g/mol. The second kappa shape index (κ2) is 5.98. The van der Waals surface area contributed by atoms with E-state index in [0.29, 0.717) is 32.7 Å². The molecule has 3 heterocycles. The van der Waals surface area contributed by atoms with Crippen LogP contribution in [-0.4, -0.2) is 73.6 Å². The van der Waals surface area contributed by atoms with Gasteiger partial charge in [-0.15, -0.1) is 11.3 Å². The van der Waals surface area contributed by atoms with Crippen LogP contribution in [0.1, 0.15) is 4.88 Å². The zero-order valence-corrected chi connectivity index (χ0v) is 13.7. The Balaban J connectivity index is 1.52. The molecule has 2 aliphatic rings. The van der Waals surface area contributed by atoms with Gasteiger partial charge in [-0.2, -0.15) is 0 Å². The Morgan fingerprint density at radius 2 is 2.23 bits per heavy atom. The van der Waals surface area contributed by atoms with Crippen LogP contribution in [0.5, 0.6) is 0 Å². The molecule has 2 aliphatic heterocycles. The van der Waals surface area contributed by atoms with E-state index in [1.54, 1.807) is 18.4 Å². The molecule has 22 heavy (non-hydrogen) atoms. The quantitative estimate of drug-likeness (QED) is 0.847. The predicted molar refractivity (Wildman–Crippen MR) is 83.8 cm³/mol. The molecule has 3 rings (SSSR count). The highest BCUT2D eigenvalue weighted by Crippen LogP contribution is 2.31. The van der Waals surface area contributed by atoms with Gasteiger partial charge in [0.15, 0.2) is 0 Å². The standard InChI is InChI=1S/C15H21N3O3S/c1-16-14(20)12-7-21-15(8-17(12)2)9-18(10-15)13(19)6-11-4-3-5-22-11/h3-5,12H,6-10H2,1-2H3,(H,16,20)/t12-/m0/s1. The van der Waals surface area contributed by atoms with Crippen LogP contribution in [-0.2, 0) is 20.7 Å². The molecule has 2 saturated heterocycles. The maximum Gasteiger partial charge on any atom is 0.239 e. The minimum Gasteiger partial charge on any atom is -0.368 e. The van der Waals surface area contributed by atoms with Crippen LogP contribution >= 0.6 is 11.3 Å². The van der Waals surface area contributed by atoms with E-state index in [1.165, 1.54) is 0 Å². The van der Waals surface area contributed by atoms with Crippen LogP contribution < -0.4 is 5.32 Å². The van der Waals surface area contributed by atoms with Crippen molar-refractivity contribution < 1.29 is 14.3 Å². The average Bonchev–Trinajstić information content (AvgIpc) is 2.96. The predicted octanol–water partition coefficient (Wildman–Crippen LogP) is -0.0518. The van der Waals surface area contributed by atoms with E-state index in [2.05, 4.69) is 5.32 Å². The molecule has 6 nitrogen and oxygen atoms in total. The fourth-order valence-electron chi connectivity index (χ4n) is 3.13. The van der Waals surface area contributed by atoms with E-state index in [4.69, 9.17) is 4.74 Å². The molecule has 0 bridgehead atoms. The maximum absolute atomic E-state index is 12.2. The van der Waals surface area contributed by atoms with Gasteiger partial charge in [0.1, 0.15) is 11.6 Å². The highest BCUT2D eigenvalue weighted by Gasteiger charge is 2.50. The fraction of sp³-hybridized carbons (Fsp3) is 0.600. The molecule has 1 atom stereocenters.